The molecule has 6 heterocycles. The predicted molar refractivity (Wildman–Crippen MR) is 182 cm³/mol. The standard InChI is InChI=1S/C10H8N2O2S.C9H6N2O2S.C6H5ClN2O2.C4H5BO2S/c1-14-10(13)9-5-11-8(4-12-9)7-2-3-15-6-7;12-9(13)8-4-10-7(3-11-8)6-1-2-14-5-6;1-11-6(10)4-2-9-5(7)3-8-4;6-5(7)4-1-2-8-3-4/h2-6H,1H3;1-5H,(H,12,13);2-3H,1H3;1-3,6-7H. The Bertz CT molecular complexity index is 1830. The van der Waals surface area contributed by atoms with Crippen molar-refractivity contribution in [2.24, 2.45) is 0 Å². The van der Waals surface area contributed by atoms with Gasteiger partial charge in [0.25, 0.3) is 0 Å². The van der Waals surface area contributed by atoms with E-state index in [0.717, 1.165) is 16.8 Å². The highest BCUT2D eigenvalue weighted by atomic mass is 35.5. The van der Waals surface area contributed by atoms with Gasteiger partial charge in [0.15, 0.2) is 17.1 Å². The van der Waals surface area contributed by atoms with Gasteiger partial charge in [-0.15, -0.1) is 0 Å². The molecule has 0 saturated carbocycles. The monoisotopic (exact) mass is 726 g/mol. The number of methoxy groups -OCH3 is 2. The Kier molecular flexibility index (Phi) is 15.3. The van der Waals surface area contributed by atoms with Crippen molar-refractivity contribution in [3.63, 3.8) is 0 Å². The van der Waals surface area contributed by atoms with Crippen molar-refractivity contribution < 1.29 is 39.0 Å². The topological polar surface area (TPSA) is 208 Å². The molecule has 48 heavy (non-hydrogen) atoms. The Morgan fingerprint density at radius 1 is 0.646 bits per heavy atom. The van der Waals surface area contributed by atoms with Crippen LogP contribution in [0.5, 0.6) is 0 Å². The van der Waals surface area contributed by atoms with Crippen LogP contribution in [-0.2, 0) is 9.47 Å². The molecule has 6 rings (SSSR count). The van der Waals surface area contributed by atoms with Gasteiger partial charge in [0.05, 0.1) is 62.8 Å². The van der Waals surface area contributed by atoms with Crippen LogP contribution < -0.4 is 5.46 Å². The van der Waals surface area contributed by atoms with Crippen molar-refractivity contribution in [3.8, 4) is 22.5 Å². The van der Waals surface area contributed by atoms with Crippen LogP contribution in [0.25, 0.3) is 22.5 Å². The summed E-state index contributed by atoms with van der Waals surface area (Å²) in [5.41, 5.74) is 4.30. The molecule has 6 aromatic rings. The zero-order valence-corrected chi connectivity index (χ0v) is 28.1. The van der Waals surface area contributed by atoms with Gasteiger partial charge in [-0.05, 0) is 39.1 Å². The molecule has 3 N–H and O–H groups in total. The van der Waals surface area contributed by atoms with E-state index in [-0.39, 0.29) is 22.2 Å². The average molecular weight is 727 g/mol. The van der Waals surface area contributed by atoms with Gasteiger partial charge in [0.1, 0.15) is 5.15 Å². The maximum Gasteiger partial charge on any atom is 0.489 e. The Labute approximate surface area is 290 Å². The van der Waals surface area contributed by atoms with E-state index in [2.05, 4.69) is 39.4 Å². The molecule has 0 spiro atoms. The quantitative estimate of drug-likeness (QED) is 0.162. The van der Waals surface area contributed by atoms with Crippen molar-refractivity contribution in [2.75, 3.05) is 14.2 Å². The van der Waals surface area contributed by atoms with Gasteiger partial charge in [-0.2, -0.15) is 34.0 Å². The third kappa shape index (κ3) is 12.0. The molecular weight excluding hydrogens is 703 g/mol. The number of rotatable bonds is 6. The van der Waals surface area contributed by atoms with Crippen LogP contribution in [-0.4, -0.2) is 84.3 Å². The van der Waals surface area contributed by atoms with Crippen LogP contribution in [0.15, 0.2) is 87.7 Å². The molecule has 6 aromatic heterocycles. The number of carboxylic acid groups (broad SMARTS) is 1. The fraction of sp³-hybridized carbons (Fsp3) is 0.0690. The number of esters is 2. The van der Waals surface area contributed by atoms with Gasteiger partial charge >= 0.3 is 25.0 Å². The first kappa shape index (κ1) is 37.5. The molecule has 0 aliphatic heterocycles. The lowest BCUT2D eigenvalue weighted by Gasteiger charge is -1.99. The number of carbonyl (C=O) groups excluding carboxylic acids is 2. The van der Waals surface area contributed by atoms with E-state index < -0.39 is 25.0 Å². The summed E-state index contributed by atoms with van der Waals surface area (Å²) in [5.74, 6) is -2.05. The summed E-state index contributed by atoms with van der Waals surface area (Å²) >= 11 is 10.0. The summed E-state index contributed by atoms with van der Waals surface area (Å²) in [4.78, 5) is 55.6. The second-order valence-corrected chi connectivity index (χ2v) is 11.3. The minimum Gasteiger partial charge on any atom is -0.476 e. The van der Waals surface area contributed by atoms with E-state index in [1.54, 1.807) is 45.7 Å². The number of nitrogens with zero attached hydrogens (tertiary/aromatic N) is 6. The summed E-state index contributed by atoms with van der Waals surface area (Å²) in [6.45, 7) is 0. The average Bonchev–Trinajstić information content (AvgIpc) is 3.94. The summed E-state index contributed by atoms with van der Waals surface area (Å²) < 4.78 is 8.92. The Morgan fingerprint density at radius 2 is 1.10 bits per heavy atom. The second-order valence-electron chi connectivity index (χ2n) is 8.54. The Balaban J connectivity index is 0.000000178. The SMILES string of the molecule is COC(=O)c1cnc(-c2ccsc2)cn1.COC(=O)c1cnc(Cl)cn1.O=C(O)c1cnc(-c2ccsc2)cn1.OB(O)c1ccsc1. The highest BCUT2D eigenvalue weighted by Crippen LogP contribution is 2.19. The summed E-state index contributed by atoms with van der Waals surface area (Å²) in [6, 6.07) is 5.54. The molecule has 19 heteroatoms. The minimum absolute atomic E-state index is 0.0380. The molecule has 0 fully saturated rings. The van der Waals surface area contributed by atoms with Crippen LogP contribution in [0.4, 0.5) is 0 Å². The largest absolute Gasteiger partial charge is 0.489 e. The van der Waals surface area contributed by atoms with E-state index in [1.807, 2.05) is 33.7 Å². The zero-order valence-electron chi connectivity index (χ0n) is 24.9. The molecule has 0 aliphatic carbocycles. The number of hydrogen-bond acceptors (Lipinski definition) is 16. The normalized spacial score (nSPS) is 9.69. The Hall–Kier alpha value is -4.98. The van der Waals surface area contributed by atoms with Crippen molar-refractivity contribution in [1.82, 2.24) is 29.9 Å². The zero-order chi connectivity index (χ0) is 34.9. The molecule has 0 radical (unpaired) electrons. The molecule has 0 unspecified atom stereocenters. The van der Waals surface area contributed by atoms with Gasteiger partial charge in [0.2, 0.25) is 0 Å². The van der Waals surface area contributed by atoms with Crippen molar-refractivity contribution in [2.45, 2.75) is 0 Å². The lowest BCUT2D eigenvalue weighted by Crippen LogP contribution is -2.27. The molecule has 0 atom stereocenters. The molecule has 0 amide bonds. The van der Waals surface area contributed by atoms with Crippen LogP contribution in [0.3, 0.4) is 0 Å². The number of hydrogen-bond donors (Lipinski definition) is 3. The Morgan fingerprint density at radius 3 is 1.42 bits per heavy atom. The number of halogens is 1. The smallest absolute Gasteiger partial charge is 0.476 e. The van der Waals surface area contributed by atoms with Gasteiger partial charge in [0, 0.05) is 21.9 Å². The second kappa shape index (κ2) is 19.6. The fourth-order valence-electron chi connectivity index (χ4n) is 3.04. The van der Waals surface area contributed by atoms with Crippen LogP contribution in [0, 0.1) is 0 Å². The van der Waals surface area contributed by atoms with E-state index in [9.17, 15) is 14.4 Å². The van der Waals surface area contributed by atoms with Crippen LogP contribution >= 0.6 is 45.6 Å². The lowest BCUT2D eigenvalue weighted by atomic mass is 9.83. The van der Waals surface area contributed by atoms with Crippen LogP contribution in [0.1, 0.15) is 31.5 Å². The number of carboxylic acids is 1. The van der Waals surface area contributed by atoms with E-state index >= 15 is 0 Å². The number of carbonyl (C=O) groups is 3. The van der Waals surface area contributed by atoms with Gasteiger partial charge in [-0.1, -0.05) is 17.7 Å². The van der Waals surface area contributed by atoms with E-state index in [4.69, 9.17) is 26.8 Å². The number of ether oxygens (including phenoxy) is 2. The van der Waals surface area contributed by atoms with Crippen molar-refractivity contribution in [3.05, 3.63) is 110 Å². The molecule has 0 aromatic carbocycles. The third-order valence-electron chi connectivity index (χ3n) is 5.41. The first-order valence-electron chi connectivity index (χ1n) is 13.1. The highest BCUT2D eigenvalue weighted by molar-refractivity contribution is 7.09. The molecular formula is C29H24BClN6O8S3. The first-order valence-corrected chi connectivity index (χ1v) is 16.3. The predicted octanol–water partition coefficient (Wildman–Crippen LogP) is 4.24. The summed E-state index contributed by atoms with van der Waals surface area (Å²) in [6.07, 6.45) is 8.25. The summed E-state index contributed by atoms with van der Waals surface area (Å²) in [7, 11) is 1.29. The molecule has 14 nitrogen and oxygen atoms in total. The van der Waals surface area contributed by atoms with Crippen molar-refractivity contribution >= 4 is 76.1 Å². The molecule has 0 aliphatic rings. The van der Waals surface area contributed by atoms with Gasteiger partial charge in [-0.25, -0.2) is 34.3 Å². The lowest BCUT2D eigenvalue weighted by molar-refractivity contribution is 0.0584. The third-order valence-corrected chi connectivity index (χ3v) is 7.67. The molecule has 0 saturated heterocycles. The summed E-state index contributed by atoms with van der Waals surface area (Å²) in [5, 5.41) is 37.1. The maximum absolute atomic E-state index is 11.1. The number of aromatic nitrogens is 6. The first-order chi connectivity index (χ1) is 23.1. The minimum atomic E-state index is -1.30. The van der Waals surface area contributed by atoms with Gasteiger partial charge < -0.3 is 24.6 Å². The number of thiophene rings is 3. The fourth-order valence-corrected chi connectivity index (χ4v) is 5.11. The number of aromatic carboxylic acids is 1. The van der Waals surface area contributed by atoms with Crippen molar-refractivity contribution in [1.29, 1.82) is 0 Å². The molecule has 246 valence electrons. The molecule has 0 bridgehead atoms. The van der Waals surface area contributed by atoms with Crippen LogP contribution in [0.2, 0.25) is 5.15 Å². The van der Waals surface area contributed by atoms with Gasteiger partial charge in [-0.3, -0.25) is 9.97 Å². The maximum atomic E-state index is 11.1. The highest BCUT2D eigenvalue weighted by Gasteiger charge is 2.10. The van der Waals surface area contributed by atoms with E-state index in [1.165, 1.54) is 56.5 Å². The van der Waals surface area contributed by atoms with E-state index in [0.29, 0.717) is 11.2 Å².